The summed E-state index contributed by atoms with van der Waals surface area (Å²) in [5.74, 6) is -1.79. The molecule has 0 aromatic rings. The maximum Gasteiger partial charge on any atom is 0.216 e. The van der Waals surface area contributed by atoms with Gasteiger partial charge in [-0.2, -0.15) is 0 Å². The molecule has 1 aliphatic carbocycles. The second-order valence-electron chi connectivity index (χ2n) is 4.04. The summed E-state index contributed by atoms with van der Waals surface area (Å²) in [5, 5.41) is 0. The lowest BCUT2D eigenvalue weighted by molar-refractivity contribution is -0.131. The zero-order chi connectivity index (χ0) is 9.90. The number of rotatable bonds is 3. The van der Waals surface area contributed by atoms with Crippen molar-refractivity contribution in [1.29, 1.82) is 0 Å². The smallest absolute Gasteiger partial charge is 0.216 e. The maximum absolute atomic E-state index is 13.6. The van der Waals surface area contributed by atoms with Crippen LogP contribution < -0.4 is 0 Å². The summed E-state index contributed by atoms with van der Waals surface area (Å²) < 4.78 is 13.6. The molecule has 0 heterocycles. The zero-order valence-corrected chi connectivity index (χ0v) is 8.42. The third-order valence-electron chi connectivity index (χ3n) is 3.03. The molecule has 0 unspecified atom stereocenters. The summed E-state index contributed by atoms with van der Waals surface area (Å²) in [4.78, 5) is 12.1. The number of carbonyl (C=O) groups is 1. The molecule has 1 aliphatic rings. The second-order valence-corrected chi connectivity index (χ2v) is 4.04. The second kappa shape index (κ2) is 4.18. The lowest BCUT2D eigenvalue weighted by Crippen LogP contribution is -2.48. The number of halogens is 1. The highest BCUT2D eigenvalue weighted by atomic mass is 19.1. The van der Waals surface area contributed by atoms with E-state index in [1.54, 1.807) is 11.9 Å². The van der Waals surface area contributed by atoms with Gasteiger partial charge in [-0.1, -0.05) is 19.3 Å². The normalized spacial score (nSPS) is 24.3. The number of alkyl halides is 1. The van der Waals surface area contributed by atoms with Gasteiger partial charge in [0.1, 0.15) is 0 Å². The highest BCUT2D eigenvalue weighted by Gasteiger charge is 2.33. The molecule has 1 atom stereocenters. The van der Waals surface area contributed by atoms with Crippen LogP contribution in [-0.2, 0) is 4.79 Å². The highest BCUT2D eigenvalue weighted by molar-refractivity contribution is 5.60. The monoisotopic (exact) mass is 187 g/mol. The van der Waals surface area contributed by atoms with Gasteiger partial charge in [0, 0.05) is 6.04 Å². The van der Waals surface area contributed by atoms with Crippen molar-refractivity contribution in [2.24, 2.45) is 0 Å². The Labute approximate surface area is 79.1 Å². The van der Waals surface area contributed by atoms with Crippen LogP contribution in [0.1, 0.15) is 39.0 Å². The van der Waals surface area contributed by atoms with Gasteiger partial charge < -0.3 is 0 Å². The van der Waals surface area contributed by atoms with Gasteiger partial charge >= 0.3 is 0 Å². The van der Waals surface area contributed by atoms with E-state index in [4.69, 9.17) is 0 Å². The molecule has 0 aliphatic heterocycles. The highest BCUT2D eigenvalue weighted by Crippen LogP contribution is 2.26. The summed E-state index contributed by atoms with van der Waals surface area (Å²) in [6.07, 6.45) is 5.98. The summed E-state index contributed by atoms with van der Waals surface area (Å²) in [7, 11) is 1.70. The minimum absolute atomic E-state index is 0.244. The summed E-state index contributed by atoms with van der Waals surface area (Å²) in [6, 6.07) is 0.244. The first-order valence-electron chi connectivity index (χ1n) is 4.96. The Bertz CT molecular complexity index is 176. The third-order valence-corrected chi connectivity index (χ3v) is 3.03. The SMILES string of the molecule is CN(C1CCCCC1)[C@](C)(F)C=O. The van der Waals surface area contributed by atoms with Crippen molar-refractivity contribution >= 4 is 6.29 Å². The largest absolute Gasteiger partial charge is 0.298 e. The molecule has 0 spiro atoms. The molecule has 1 saturated carbocycles. The maximum atomic E-state index is 13.6. The molecule has 0 saturated heterocycles. The average molecular weight is 187 g/mol. The van der Waals surface area contributed by atoms with E-state index in [1.807, 2.05) is 0 Å². The molecule has 0 radical (unpaired) electrons. The number of carbonyl (C=O) groups excluding carboxylic acids is 1. The Morgan fingerprint density at radius 3 is 2.38 bits per heavy atom. The van der Waals surface area contributed by atoms with Crippen molar-refractivity contribution in [3.8, 4) is 0 Å². The van der Waals surface area contributed by atoms with Crippen molar-refractivity contribution in [3.63, 3.8) is 0 Å². The van der Waals surface area contributed by atoms with Crippen LogP contribution in [0, 0.1) is 0 Å². The molecule has 0 bridgehead atoms. The third kappa shape index (κ3) is 2.50. The van der Waals surface area contributed by atoms with E-state index in [2.05, 4.69) is 0 Å². The molecule has 13 heavy (non-hydrogen) atoms. The zero-order valence-electron chi connectivity index (χ0n) is 8.42. The number of aldehydes is 1. The fourth-order valence-corrected chi connectivity index (χ4v) is 1.91. The quantitative estimate of drug-likeness (QED) is 0.498. The van der Waals surface area contributed by atoms with Crippen LogP contribution in [0.25, 0.3) is 0 Å². The average Bonchev–Trinajstić information content (AvgIpc) is 2.18. The van der Waals surface area contributed by atoms with Crippen LogP contribution in [0.5, 0.6) is 0 Å². The van der Waals surface area contributed by atoms with Gasteiger partial charge in [0.2, 0.25) is 5.79 Å². The summed E-state index contributed by atoms with van der Waals surface area (Å²) >= 11 is 0. The van der Waals surface area contributed by atoms with Gasteiger partial charge in [-0.3, -0.25) is 9.69 Å². The standard InChI is InChI=1S/C10H18FNO/c1-10(11,8-13)12(2)9-6-4-3-5-7-9/h8-9H,3-7H2,1-2H3/t10-/m0/s1. The first-order valence-corrected chi connectivity index (χ1v) is 4.96. The molecule has 76 valence electrons. The summed E-state index contributed by atoms with van der Waals surface area (Å²) in [6.45, 7) is 1.33. The number of hydrogen-bond donors (Lipinski definition) is 0. The van der Waals surface area contributed by atoms with E-state index >= 15 is 0 Å². The van der Waals surface area contributed by atoms with E-state index < -0.39 is 5.79 Å². The van der Waals surface area contributed by atoms with Crippen molar-refractivity contribution < 1.29 is 9.18 Å². The Hall–Kier alpha value is -0.440. The molecule has 1 fully saturated rings. The number of nitrogens with zero attached hydrogens (tertiary/aromatic N) is 1. The van der Waals surface area contributed by atoms with Gasteiger partial charge in [0.05, 0.1) is 0 Å². The van der Waals surface area contributed by atoms with Crippen LogP contribution in [0.15, 0.2) is 0 Å². The predicted molar refractivity (Wildman–Crippen MR) is 50.2 cm³/mol. The molecule has 2 nitrogen and oxygen atoms in total. The van der Waals surface area contributed by atoms with Crippen LogP contribution >= 0.6 is 0 Å². The fourth-order valence-electron chi connectivity index (χ4n) is 1.91. The Morgan fingerprint density at radius 1 is 1.38 bits per heavy atom. The summed E-state index contributed by atoms with van der Waals surface area (Å²) in [5.41, 5.74) is 0. The molecule has 0 N–H and O–H groups in total. The van der Waals surface area contributed by atoms with Gasteiger partial charge in [0.25, 0.3) is 0 Å². The Balaban J connectivity index is 2.54. The van der Waals surface area contributed by atoms with Crippen LogP contribution in [0.4, 0.5) is 4.39 Å². The van der Waals surface area contributed by atoms with Gasteiger partial charge in [-0.15, -0.1) is 0 Å². The molecule has 3 heteroatoms. The molecule has 0 aromatic heterocycles. The topological polar surface area (TPSA) is 20.3 Å². The lowest BCUT2D eigenvalue weighted by atomic mass is 9.93. The lowest BCUT2D eigenvalue weighted by Gasteiger charge is -2.36. The van der Waals surface area contributed by atoms with Crippen molar-refractivity contribution in [2.75, 3.05) is 7.05 Å². The van der Waals surface area contributed by atoms with E-state index in [-0.39, 0.29) is 6.04 Å². The van der Waals surface area contributed by atoms with Crippen LogP contribution in [-0.4, -0.2) is 30.1 Å². The minimum Gasteiger partial charge on any atom is -0.298 e. The fraction of sp³-hybridized carbons (Fsp3) is 0.900. The Morgan fingerprint density at radius 2 is 1.92 bits per heavy atom. The van der Waals surface area contributed by atoms with Crippen molar-refractivity contribution in [1.82, 2.24) is 4.90 Å². The first kappa shape index (κ1) is 10.6. The van der Waals surface area contributed by atoms with E-state index in [0.717, 1.165) is 25.7 Å². The van der Waals surface area contributed by atoms with E-state index in [9.17, 15) is 9.18 Å². The Kier molecular flexibility index (Phi) is 3.42. The predicted octanol–water partition coefficient (Wildman–Crippen LogP) is 2.14. The van der Waals surface area contributed by atoms with Gasteiger partial charge in [-0.25, -0.2) is 4.39 Å². The molecular formula is C10H18FNO. The number of hydrogen-bond acceptors (Lipinski definition) is 2. The molecular weight excluding hydrogens is 169 g/mol. The molecule has 0 amide bonds. The van der Waals surface area contributed by atoms with E-state index in [0.29, 0.717) is 6.29 Å². The number of likely N-dealkylation sites (N-methyl/N-ethyl adjacent to an activating group) is 1. The minimum atomic E-state index is -1.79. The molecule has 0 aromatic carbocycles. The van der Waals surface area contributed by atoms with Gasteiger partial charge in [-0.05, 0) is 26.8 Å². The first-order chi connectivity index (χ1) is 6.08. The van der Waals surface area contributed by atoms with Crippen molar-refractivity contribution in [3.05, 3.63) is 0 Å². The van der Waals surface area contributed by atoms with E-state index in [1.165, 1.54) is 13.3 Å². The molecule has 1 rings (SSSR count). The van der Waals surface area contributed by atoms with Crippen molar-refractivity contribution in [2.45, 2.75) is 50.9 Å². The van der Waals surface area contributed by atoms with Crippen LogP contribution in [0.2, 0.25) is 0 Å². The van der Waals surface area contributed by atoms with Crippen LogP contribution in [0.3, 0.4) is 0 Å². The van der Waals surface area contributed by atoms with Gasteiger partial charge in [0.15, 0.2) is 6.29 Å².